The monoisotopic (exact) mass is 152 g/mol. The highest BCUT2D eigenvalue weighted by atomic mass is 19.1. The van der Waals surface area contributed by atoms with E-state index in [2.05, 4.69) is 0 Å². The van der Waals surface area contributed by atoms with Crippen molar-refractivity contribution < 1.29 is 9.18 Å². The van der Waals surface area contributed by atoms with E-state index >= 15 is 0 Å². The van der Waals surface area contributed by atoms with E-state index in [1.807, 2.05) is 0 Å². The molecule has 0 saturated carbocycles. The maximum Gasteiger partial charge on any atom is 0.242 e. The van der Waals surface area contributed by atoms with Crippen LogP contribution in [-0.2, 0) is 11.2 Å². The van der Waals surface area contributed by atoms with E-state index in [1.165, 1.54) is 24.3 Å². The van der Waals surface area contributed by atoms with Crippen LogP contribution in [0.25, 0.3) is 0 Å². The quantitative estimate of drug-likeness (QED) is 0.627. The summed E-state index contributed by atoms with van der Waals surface area (Å²) >= 11 is 0. The molecule has 1 amide bonds. The van der Waals surface area contributed by atoms with Crippen molar-refractivity contribution in [3.05, 3.63) is 35.6 Å². The highest BCUT2D eigenvalue weighted by Gasteiger charge is 1.97. The topological polar surface area (TPSA) is 40.9 Å². The fourth-order valence-electron chi connectivity index (χ4n) is 0.788. The zero-order valence-electron chi connectivity index (χ0n) is 5.80. The summed E-state index contributed by atoms with van der Waals surface area (Å²) in [5.74, 6) is -0.984. The number of halogens is 1. The van der Waals surface area contributed by atoms with Gasteiger partial charge in [0.15, 0.2) is 0 Å². The predicted octanol–water partition coefficient (Wildman–Crippen LogP) is 1.18. The van der Waals surface area contributed by atoms with E-state index in [9.17, 15) is 9.18 Å². The molecule has 0 aliphatic rings. The summed E-state index contributed by atoms with van der Waals surface area (Å²) in [4.78, 5) is 10.3. The molecule has 0 bridgehead atoms. The van der Waals surface area contributed by atoms with Gasteiger partial charge < -0.3 is 0 Å². The van der Waals surface area contributed by atoms with E-state index in [4.69, 9.17) is 5.73 Å². The van der Waals surface area contributed by atoms with Gasteiger partial charge in [0.05, 0.1) is 6.42 Å². The van der Waals surface area contributed by atoms with Gasteiger partial charge in [0.2, 0.25) is 5.91 Å². The lowest BCUT2D eigenvalue weighted by atomic mass is 10.1. The molecule has 0 saturated heterocycles. The van der Waals surface area contributed by atoms with Gasteiger partial charge in [-0.1, -0.05) is 12.1 Å². The van der Waals surface area contributed by atoms with Crippen molar-refractivity contribution in [3.63, 3.8) is 0 Å². The van der Waals surface area contributed by atoms with Crippen LogP contribution in [0.1, 0.15) is 5.56 Å². The van der Waals surface area contributed by atoms with E-state index in [0.29, 0.717) is 5.56 Å². The Hall–Kier alpha value is -1.38. The number of hydrogen-bond donors (Lipinski definition) is 0. The number of amides is 1. The molecule has 0 aliphatic heterocycles. The second kappa shape index (κ2) is 3.14. The van der Waals surface area contributed by atoms with Gasteiger partial charge >= 0.3 is 0 Å². The molecule has 1 radical (unpaired) electrons. The first kappa shape index (κ1) is 7.72. The normalized spacial score (nSPS) is 9.55. The van der Waals surface area contributed by atoms with Gasteiger partial charge in [-0.25, -0.2) is 4.39 Å². The molecule has 0 spiro atoms. The summed E-state index contributed by atoms with van der Waals surface area (Å²) in [6.07, 6.45) is 0.0558. The molecule has 3 heteroatoms. The van der Waals surface area contributed by atoms with Gasteiger partial charge in [0.25, 0.3) is 0 Å². The summed E-state index contributed by atoms with van der Waals surface area (Å²) < 4.78 is 12.3. The Balaban J connectivity index is 2.74. The van der Waals surface area contributed by atoms with Crippen molar-refractivity contribution in [1.82, 2.24) is 5.73 Å². The third-order valence-electron chi connectivity index (χ3n) is 1.28. The molecule has 0 unspecified atom stereocenters. The third-order valence-corrected chi connectivity index (χ3v) is 1.28. The van der Waals surface area contributed by atoms with Gasteiger partial charge in [0, 0.05) is 0 Å². The highest BCUT2D eigenvalue weighted by Crippen LogP contribution is 2.02. The lowest BCUT2D eigenvalue weighted by Crippen LogP contribution is -2.01. The average molecular weight is 152 g/mol. The Morgan fingerprint density at radius 2 is 1.91 bits per heavy atom. The van der Waals surface area contributed by atoms with Crippen molar-refractivity contribution in [1.29, 1.82) is 0 Å². The summed E-state index contributed by atoms with van der Waals surface area (Å²) in [5.41, 5.74) is 7.31. The van der Waals surface area contributed by atoms with E-state index in [-0.39, 0.29) is 12.2 Å². The molecule has 0 aromatic heterocycles. The Labute approximate surface area is 63.8 Å². The largest absolute Gasteiger partial charge is 0.273 e. The smallest absolute Gasteiger partial charge is 0.242 e. The molecule has 0 aliphatic carbocycles. The van der Waals surface area contributed by atoms with Crippen LogP contribution < -0.4 is 5.73 Å². The molecule has 1 aromatic carbocycles. The van der Waals surface area contributed by atoms with Crippen LogP contribution in [0.4, 0.5) is 4.39 Å². The summed E-state index contributed by atoms with van der Waals surface area (Å²) in [7, 11) is 0. The van der Waals surface area contributed by atoms with Crippen molar-refractivity contribution in [2.75, 3.05) is 0 Å². The van der Waals surface area contributed by atoms with Crippen molar-refractivity contribution in [3.8, 4) is 0 Å². The zero-order valence-corrected chi connectivity index (χ0v) is 5.80. The number of hydrogen-bond acceptors (Lipinski definition) is 1. The fourth-order valence-corrected chi connectivity index (χ4v) is 0.788. The molecular weight excluding hydrogens is 145 g/mol. The standard InChI is InChI=1S/C8H7FNO/c9-7-3-1-6(2-4-7)5-8(10)11/h1-4,10H,5H2. The minimum atomic E-state index is -0.656. The summed E-state index contributed by atoms with van der Waals surface area (Å²) in [5, 5.41) is 0. The van der Waals surface area contributed by atoms with Crippen LogP contribution in [0.15, 0.2) is 24.3 Å². The minimum Gasteiger partial charge on any atom is -0.273 e. The average Bonchev–Trinajstić information content (AvgIpc) is 1.93. The molecular formula is C8H7FNO. The molecule has 1 aromatic rings. The molecule has 0 atom stereocenters. The Morgan fingerprint density at radius 1 is 1.36 bits per heavy atom. The molecule has 11 heavy (non-hydrogen) atoms. The number of carbonyl (C=O) groups is 1. The lowest BCUT2D eigenvalue weighted by molar-refractivity contribution is -0.118. The SMILES string of the molecule is [NH]C(=O)Cc1ccc(F)cc1. The minimum absolute atomic E-state index is 0.0558. The van der Waals surface area contributed by atoms with Crippen LogP contribution in [0.3, 0.4) is 0 Å². The lowest BCUT2D eigenvalue weighted by Gasteiger charge is -1.94. The predicted molar refractivity (Wildman–Crippen MR) is 38.2 cm³/mol. The molecule has 0 heterocycles. The Morgan fingerprint density at radius 3 is 2.36 bits per heavy atom. The number of rotatable bonds is 2. The first-order valence-electron chi connectivity index (χ1n) is 3.17. The molecule has 1 N–H and O–H groups in total. The second-order valence-corrected chi connectivity index (χ2v) is 2.23. The summed E-state index contributed by atoms with van der Waals surface area (Å²) in [6.45, 7) is 0. The van der Waals surface area contributed by atoms with Crippen LogP contribution in [-0.4, -0.2) is 5.91 Å². The first-order valence-corrected chi connectivity index (χ1v) is 3.17. The molecule has 1 rings (SSSR count). The van der Waals surface area contributed by atoms with Gasteiger partial charge in [-0.2, -0.15) is 0 Å². The zero-order chi connectivity index (χ0) is 8.27. The number of nitrogens with one attached hydrogen (secondary N) is 1. The third kappa shape index (κ3) is 2.37. The molecule has 2 nitrogen and oxygen atoms in total. The van der Waals surface area contributed by atoms with Crippen LogP contribution in [0.2, 0.25) is 0 Å². The van der Waals surface area contributed by atoms with Crippen LogP contribution in [0, 0.1) is 5.82 Å². The van der Waals surface area contributed by atoms with Gasteiger partial charge in [-0.05, 0) is 17.7 Å². The molecule has 57 valence electrons. The van der Waals surface area contributed by atoms with E-state index in [0.717, 1.165) is 0 Å². The van der Waals surface area contributed by atoms with Gasteiger partial charge in [-0.3, -0.25) is 10.5 Å². The number of carbonyl (C=O) groups excluding carboxylic acids is 1. The second-order valence-electron chi connectivity index (χ2n) is 2.23. The van der Waals surface area contributed by atoms with Gasteiger partial charge in [0.1, 0.15) is 5.82 Å². The first-order chi connectivity index (χ1) is 5.18. The van der Waals surface area contributed by atoms with E-state index in [1.54, 1.807) is 0 Å². The van der Waals surface area contributed by atoms with Crippen LogP contribution in [0.5, 0.6) is 0 Å². The highest BCUT2D eigenvalue weighted by molar-refractivity contribution is 5.75. The fraction of sp³-hybridized carbons (Fsp3) is 0.125. The molecule has 0 fully saturated rings. The van der Waals surface area contributed by atoms with Crippen molar-refractivity contribution in [2.45, 2.75) is 6.42 Å². The maximum absolute atomic E-state index is 12.3. The maximum atomic E-state index is 12.3. The van der Waals surface area contributed by atoms with Crippen molar-refractivity contribution in [2.24, 2.45) is 0 Å². The van der Waals surface area contributed by atoms with Crippen molar-refractivity contribution >= 4 is 5.91 Å². The van der Waals surface area contributed by atoms with Gasteiger partial charge in [-0.15, -0.1) is 0 Å². The van der Waals surface area contributed by atoms with Crippen LogP contribution >= 0.6 is 0 Å². The number of benzene rings is 1. The van der Waals surface area contributed by atoms with E-state index < -0.39 is 5.91 Å². The Kier molecular flexibility index (Phi) is 2.21. The Bertz CT molecular complexity index is 255. The summed E-state index contributed by atoms with van der Waals surface area (Å²) in [6, 6.07) is 5.56.